The molecule has 1 unspecified atom stereocenters. The number of anilines is 1. The summed E-state index contributed by atoms with van der Waals surface area (Å²) in [6.45, 7) is 2.84. The molecule has 1 saturated heterocycles. The van der Waals surface area contributed by atoms with Gasteiger partial charge in [-0.3, -0.25) is 0 Å². The van der Waals surface area contributed by atoms with Gasteiger partial charge in [-0.1, -0.05) is 0 Å². The highest BCUT2D eigenvalue weighted by molar-refractivity contribution is 5.88. The van der Waals surface area contributed by atoms with Crippen molar-refractivity contribution in [2.45, 2.75) is 25.4 Å². The van der Waals surface area contributed by atoms with Gasteiger partial charge in [-0.15, -0.1) is 0 Å². The molecule has 3 N–H and O–H groups in total. The third-order valence-corrected chi connectivity index (χ3v) is 3.09. The molecule has 0 aliphatic carbocycles. The molecule has 0 radical (unpaired) electrons. The van der Waals surface area contributed by atoms with Crippen molar-refractivity contribution in [1.29, 1.82) is 0 Å². The number of aromatic carboxylic acids is 1. The number of carboxylic acid groups (broad SMARTS) is 1. The maximum Gasteiger partial charge on any atom is 0.339 e. The van der Waals surface area contributed by atoms with E-state index in [1.54, 1.807) is 6.92 Å². The van der Waals surface area contributed by atoms with Crippen molar-refractivity contribution in [1.82, 2.24) is 9.97 Å². The van der Waals surface area contributed by atoms with Crippen LogP contribution in [0.5, 0.6) is 0 Å². The summed E-state index contributed by atoms with van der Waals surface area (Å²) in [6.07, 6.45) is 2.73. The van der Waals surface area contributed by atoms with E-state index in [1.807, 2.05) is 0 Å². The van der Waals surface area contributed by atoms with Gasteiger partial charge < -0.3 is 20.3 Å². The molecule has 1 atom stereocenters. The van der Waals surface area contributed by atoms with Gasteiger partial charge in [-0.2, -0.15) is 0 Å². The third kappa shape index (κ3) is 3.39. The molecule has 2 rings (SSSR count). The molecular weight excluding hydrogens is 250 g/mol. The van der Waals surface area contributed by atoms with Crippen LogP contribution in [0.1, 0.15) is 28.9 Å². The Kier molecular flexibility index (Phi) is 3.96. The molecule has 0 saturated carbocycles. The fourth-order valence-electron chi connectivity index (χ4n) is 1.98. The first-order valence-electron chi connectivity index (χ1n) is 6.11. The Morgan fingerprint density at radius 2 is 2.42 bits per heavy atom. The second kappa shape index (κ2) is 5.50. The third-order valence-electron chi connectivity index (χ3n) is 3.09. The number of ether oxygens (including phenoxy) is 1. The zero-order chi connectivity index (χ0) is 13.9. The topological polar surface area (TPSA) is 105 Å². The largest absolute Gasteiger partial charge is 0.478 e. The van der Waals surface area contributed by atoms with Gasteiger partial charge in [0, 0.05) is 19.3 Å². The summed E-state index contributed by atoms with van der Waals surface area (Å²) in [5.74, 6) is -0.746. The highest BCUT2D eigenvalue weighted by Gasteiger charge is 2.30. The van der Waals surface area contributed by atoms with Crippen LogP contribution in [0.25, 0.3) is 0 Å². The Bertz CT molecular complexity index is 472. The Labute approximate surface area is 110 Å². The number of hydrogen-bond acceptors (Lipinski definition) is 6. The number of hydrogen-bond donors (Lipinski definition) is 3. The maximum atomic E-state index is 10.8. The molecule has 7 nitrogen and oxygen atoms in total. The molecular formula is C12H17N3O4. The van der Waals surface area contributed by atoms with Gasteiger partial charge in [0.2, 0.25) is 5.95 Å². The van der Waals surface area contributed by atoms with Crippen LogP contribution in [-0.2, 0) is 4.74 Å². The summed E-state index contributed by atoms with van der Waals surface area (Å²) in [4.78, 5) is 18.8. The SMILES string of the molecule is Cc1nc(NCC2(O)CCCOC2)ncc1C(=O)O. The minimum absolute atomic E-state index is 0.0743. The van der Waals surface area contributed by atoms with E-state index in [9.17, 15) is 9.90 Å². The van der Waals surface area contributed by atoms with Crippen molar-refractivity contribution in [3.63, 3.8) is 0 Å². The molecule has 1 fully saturated rings. The average molecular weight is 267 g/mol. The molecule has 19 heavy (non-hydrogen) atoms. The Morgan fingerprint density at radius 3 is 3.00 bits per heavy atom. The van der Waals surface area contributed by atoms with Crippen molar-refractivity contribution >= 4 is 11.9 Å². The zero-order valence-corrected chi connectivity index (χ0v) is 10.7. The molecule has 0 spiro atoms. The van der Waals surface area contributed by atoms with E-state index in [0.717, 1.165) is 6.42 Å². The summed E-state index contributed by atoms with van der Waals surface area (Å²) in [5.41, 5.74) is -0.455. The zero-order valence-electron chi connectivity index (χ0n) is 10.7. The molecule has 0 amide bonds. The predicted molar refractivity (Wildman–Crippen MR) is 67.2 cm³/mol. The van der Waals surface area contributed by atoms with Gasteiger partial charge in [-0.25, -0.2) is 14.8 Å². The van der Waals surface area contributed by atoms with Crippen molar-refractivity contribution < 1.29 is 19.7 Å². The van der Waals surface area contributed by atoms with Gasteiger partial charge >= 0.3 is 5.97 Å². The molecule has 0 aromatic carbocycles. The van der Waals surface area contributed by atoms with Gasteiger partial charge in [0.1, 0.15) is 5.60 Å². The highest BCUT2D eigenvalue weighted by atomic mass is 16.5. The van der Waals surface area contributed by atoms with Gasteiger partial charge in [0.05, 0.1) is 17.9 Å². The number of carbonyl (C=O) groups is 1. The van der Waals surface area contributed by atoms with Crippen molar-refractivity contribution in [3.8, 4) is 0 Å². The summed E-state index contributed by atoms with van der Waals surface area (Å²) < 4.78 is 5.24. The first-order valence-corrected chi connectivity index (χ1v) is 6.11. The summed E-state index contributed by atoms with van der Waals surface area (Å²) in [5, 5.41) is 22.0. The predicted octanol–water partition coefficient (Wildman–Crippen LogP) is 0.437. The molecule has 104 valence electrons. The molecule has 1 aromatic rings. The second-order valence-corrected chi connectivity index (χ2v) is 4.73. The van der Waals surface area contributed by atoms with E-state index in [1.165, 1.54) is 6.20 Å². The summed E-state index contributed by atoms with van der Waals surface area (Å²) >= 11 is 0. The quantitative estimate of drug-likeness (QED) is 0.726. The molecule has 1 aliphatic rings. The number of aryl methyl sites for hydroxylation is 1. The number of aromatic nitrogens is 2. The summed E-state index contributed by atoms with van der Waals surface area (Å²) in [6, 6.07) is 0. The van der Waals surface area contributed by atoms with E-state index in [4.69, 9.17) is 9.84 Å². The number of nitrogens with one attached hydrogen (secondary N) is 1. The van der Waals surface area contributed by atoms with Crippen molar-refractivity contribution in [3.05, 3.63) is 17.5 Å². The average Bonchev–Trinajstić information content (AvgIpc) is 2.37. The molecule has 1 aromatic heterocycles. The van der Waals surface area contributed by atoms with Crippen LogP contribution in [0.4, 0.5) is 5.95 Å². The van der Waals surface area contributed by atoms with Crippen LogP contribution in [-0.4, -0.2) is 51.5 Å². The van der Waals surface area contributed by atoms with Crippen LogP contribution >= 0.6 is 0 Å². The van der Waals surface area contributed by atoms with Gasteiger partial charge in [0.15, 0.2) is 0 Å². The van der Waals surface area contributed by atoms with Gasteiger partial charge in [-0.05, 0) is 19.8 Å². The van der Waals surface area contributed by atoms with E-state index in [2.05, 4.69) is 15.3 Å². The molecule has 1 aliphatic heterocycles. The fourth-order valence-corrected chi connectivity index (χ4v) is 1.98. The number of nitrogens with zero attached hydrogens (tertiary/aromatic N) is 2. The van der Waals surface area contributed by atoms with Crippen LogP contribution < -0.4 is 5.32 Å². The second-order valence-electron chi connectivity index (χ2n) is 4.73. The van der Waals surface area contributed by atoms with Crippen LogP contribution in [0.15, 0.2) is 6.20 Å². The Hall–Kier alpha value is -1.73. The van der Waals surface area contributed by atoms with E-state index in [0.29, 0.717) is 24.7 Å². The number of aliphatic hydroxyl groups is 1. The molecule has 2 heterocycles. The first-order chi connectivity index (χ1) is 9.00. The minimum atomic E-state index is -1.05. The van der Waals surface area contributed by atoms with E-state index in [-0.39, 0.29) is 18.7 Å². The van der Waals surface area contributed by atoms with Crippen molar-refractivity contribution in [2.24, 2.45) is 0 Å². The maximum absolute atomic E-state index is 10.8. The number of carboxylic acids is 1. The van der Waals surface area contributed by atoms with Crippen LogP contribution in [0, 0.1) is 6.92 Å². The molecule has 7 heteroatoms. The summed E-state index contributed by atoms with van der Waals surface area (Å²) in [7, 11) is 0. The smallest absolute Gasteiger partial charge is 0.339 e. The normalized spacial score (nSPS) is 23.1. The highest BCUT2D eigenvalue weighted by Crippen LogP contribution is 2.19. The fraction of sp³-hybridized carbons (Fsp3) is 0.583. The number of rotatable bonds is 4. The Balaban J connectivity index is 2.00. The van der Waals surface area contributed by atoms with Crippen molar-refractivity contribution in [2.75, 3.05) is 25.1 Å². The Morgan fingerprint density at radius 1 is 1.63 bits per heavy atom. The lowest BCUT2D eigenvalue weighted by Crippen LogP contribution is -2.44. The monoisotopic (exact) mass is 267 g/mol. The van der Waals surface area contributed by atoms with E-state index >= 15 is 0 Å². The lowest BCUT2D eigenvalue weighted by atomic mass is 9.97. The first kappa shape index (κ1) is 13.7. The lowest BCUT2D eigenvalue weighted by molar-refractivity contribution is -0.0764. The van der Waals surface area contributed by atoms with Gasteiger partial charge in [0.25, 0.3) is 0 Å². The van der Waals surface area contributed by atoms with Crippen LogP contribution in [0.2, 0.25) is 0 Å². The van der Waals surface area contributed by atoms with Crippen LogP contribution in [0.3, 0.4) is 0 Å². The lowest BCUT2D eigenvalue weighted by Gasteiger charge is -2.31. The van der Waals surface area contributed by atoms with E-state index < -0.39 is 11.6 Å². The minimum Gasteiger partial charge on any atom is -0.478 e. The molecule has 0 bridgehead atoms. The standard InChI is InChI=1S/C12H17N3O4/c1-8-9(10(16)17)5-13-11(15-8)14-6-12(18)3-2-4-19-7-12/h5,18H,2-4,6-7H2,1H3,(H,16,17)(H,13,14,15).